The van der Waals surface area contributed by atoms with Gasteiger partial charge < -0.3 is 24.4 Å². The van der Waals surface area contributed by atoms with Gasteiger partial charge in [0.05, 0.1) is 30.8 Å². The fourth-order valence-corrected chi connectivity index (χ4v) is 6.47. The van der Waals surface area contributed by atoms with Gasteiger partial charge in [0.2, 0.25) is 11.8 Å². The third-order valence-corrected chi connectivity index (χ3v) is 8.14. The van der Waals surface area contributed by atoms with E-state index >= 15 is 0 Å². The zero-order valence-electron chi connectivity index (χ0n) is 21.0. The van der Waals surface area contributed by atoms with Crippen LogP contribution in [0.2, 0.25) is 0 Å². The molecule has 3 aliphatic heterocycles. The van der Waals surface area contributed by atoms with Gasteiger partial charge in [0.1, 0.15) is 17.6 Å². The lowest BCUT2D eigenvalue weighted by Gasteiger charge is -2.38. The van der Waals surface area contributed by atoms with Crippen molar-refractivity contribution >= 4 is 17.8 Å². The van der Waals surface area contributed by atoms with E-state index in [9.17, 15) is 19.5 Å². The number of benzene rings is 1. The second kappa shape index (κ2) is 9.39. The summed E-state index contributed by atoms with van der Waals surface area (Å²) in [5, 5.41) is 10.0. The quantitative estimate of drug-likeness (QED) is 0.426. The van der Waals surface area contributed by atoms with Gasteiger partial charge in [0, 0.05) is 13.1 Å². The number of rotatable bonds is 9. The molecule has 3 heterocycles. The van der Waals surface area contributed by atoms with E-state index in [1.165, 1.54) is 4.90 Å². The molecule has 35 heavy (non-hydrogen) atoms. The minimum absolute atomic E-state index is 0.0670. The number of carbonyl (C=O) groups excluding carboxylic acids is 3. The molecule has 1 spiro atoms. The molecule has 3 fully saturated rings. The number of amides is 2. The molecule has 8 nitrogen and oxygen atoms in total. The highest BCUT2D eigenvalue weighted by Crippen LogP contribution is 2.65. The first-order valence-electron chi connectivity index (χ1n) is 12.4. The van der Waals surface area contributed by atoms with Crippen molar-refractivity contribution in [1.82, 2.24) is 9.80 Å². The highest BCUT2D eigenvalue weighted by atomic mass is 16.6. The molecule has 0 saturated carbocycles. The predicted molar refractivity (Wildman–Crippen MR) is 129 cm³/mol. The van der Waals surface area contributed by atoms with Crippen molar-refractivity contribution < 1.29 is 29.0 Å². The molecular weight excluding hydrogens is 448 g/mol. The molecule has 2 bridgehead atoms. The zero-order chi connectivity index (χ0) is 25.5. The Morgan fingerprint density at radius 2 is 2.06 bits per heavy atom. The molecule has 0 aliphatic carbocycles. The van der Waals surface area contributed by atoms with Crippen LogP contribution in [-0.4, -0.2) is 75.7 Å². The zero-order valence-corrected chi connectivity index (χ0v) is 21.0. The average molecular weight is 485 g/mol. The number of hydrogen-bond acceptors (Lipinski definition) is 6. The van der Waals surface area contributed by atoms with E-state index in [0.29, 0.717) is 13.0 Å². The van der Waals surface area contributed by atoms with Crippen LogP contribution in [-0.2, 0) is 30.4 Å². The number of carbonyl (C=O) groups is 3. The molecule has 2 amide bonds. The van der Waals surface area contributed by atoms with Gasteiger partial charge >= 0.3 is 5.97 Å². The minimum Gasteiger partial charge on any atom is -0.466 e. The Morgan fingerprint density at radius 1 is 1.37 bits per heavy atom. The number of aliphatic hydroxyl groups excluding tert-OH is 1. The Balaban J connectivity index is 1.80. The largest absolute Gasteiger partial charge is 0.466 e. The van der Waals surface area contributed by atoms with E-state index < -0.39 is 41.1 Å². The van der Waals surface area contributed by atoms with E-state index in [0.717, 1.165) is 5.56 Å². The maximum absolute atomic E-state index is 14.3. The molecule has 0 aromatic heterocycles. The number of fused-ring (bicyclic) bond motifs is 1. The molecule has 190 valence electrons. The summed E-state index contributed by atoms with van der Waals surface area (Å²) < 4.78 is 12.0. The van der Waals surface area contributed by atoms with Gasteiger partial charge in [-0.3, -0.25) is 14.4 Å². The predicted octanol–water partition coefficient (Wildman–Crippen LogP) is 2.16. The topological polar surface area (TPSA) is 96.4 Å². The first kappa shape index (κ1) is 25.4. The summed E-state index contributed by atoms with van der Waals surface area (Å²) in [5.41, 5.74) is -1.13. The Morgan fingerprint density at radius 3 is 2.66 bits per heavy atom. The Bertz CT molecular complexity index is 999. The lowest BCUT2D eigenvalue weighted by molar-refractivity contribution is -0.163. The molecule has 0 radical (unpaired) electrons. The lowest BCUT2D eigenvalue weighted by Crippen LogP contribution is -2.58. The number of esters is 1. The molecule has 1 N–H and O–H groups in total. The maximum Gasteiger partial charge on any atom is 0.312 e. The monoisotopic (exact) mass is 484 g/mol. The van der Waals surface area contributed by atoms with Crippen LogP contribution in [0.1, 0.15) is 39.7 Å². The van der Waals surface area contributed by atoms with Gasteiger partial charge in [0.25, 0.3) is 0 Å². The summed E-state index contributed by atoms with van der Waals surface area (Å²) in [7, 11) is 0. The first-order chi connectivity index (χ1) is 16.7. The lowest BCUT2D eigenvalue weighted by atomic mass is 9.62. The summed E-state index contributed by atoms with van der Waals surface area (Å²) in [6.45, 7) is 11.6. The summed E-state index contributed by atoms with van der Waals surface area (Å²) >= 11 is 0. The Kier molecular flexibility index (Phi) is 6.81. The molecule has 8 heteroatoms. The SMILES string of the molecule is C=CCN(Cc1ccccc1)C(=O)C1N([C@H](C)CO)C(=O)[C@@H]2[C@H](C(=O)OCC)[C@@]3(C)OC12CC3C. The van der Waals surface area contributed by atoms with E-state index in [1.807, 2.05) is 44.2 Å². The van der Waals surface area contributed by atoms with Crippen LogP contribution in [0.15, 0.2) is 43.0 Å². The normalized spacial score (nSPS) is 34.0. The van der Waals surface area contributed by atoms with Crippen LogP contribution in [0, 0.1) is 17.8 Å². The van der Waals surface area contributed by atoms with Crippen molar-refractivity contribution in [1.29, 1.82) is 0 Å². The maximum atomic E-state index is 14.3. The molecule has 3 aliphatic rings. The molecule has 1 aromatic carbocycles. The van der Waals surface area contributed by atoms with Crippen LogP contribution in [0.25, 0.3) is 0 Å². The van der Waals surface area contributed by atoms with Gasteiger partial charge in [-0.05, 0) is 38.7 Å². The molecular formula is C27H36N2O6. The van der Waals surface area contributed by atoms with Crippen molar-refractivity contribution in [3.8, 4) is 0 Å². The van der Waals surface area contributed by atoms with Crippen molar-refractivity contribution in [2.45, 2.75) is 63.9 Å². The summed E-state index contributed by atoms with van der Waals surface area (Å²) in [6, 6.07) is 8.03. The smallest absolute Gasteiger partial charge is 0.312 e. The molecule has 4 rings (SSSR count). The summed E-state index contributed by atoms with van der Waals surface area (Å²) in [6.07, 6.45) is 2.12. The fraction of sp³-hybridized carbons (Fsp3) is 0.593. The average Bonchev–Trinajstić information content (AvgIpc) is 3.35. The second-order valence-corrected chi connectivity index (χ2v) is 10.2. The molecule has 7 atom stereocenters. The van der Waals surface area contributed by atoms with Gasteiger partial charge in [-0.25, -0.2) is 0 Å². The molecule has 3 unspecified atom stereocenters. The van der Waals surface area contributed by atoms with Crippen molar-refractivity contribution in [2.24, 2.45) is 17.8 Å². The van der Waals surface area contributed by atoms with Crippen LogP contribution in [0.3, 0.4) is 0 Å². The van der Waals surface area contributed by atoms with Gasteiger partial charge in [0.15, 0.2) is 0 Å². The van der Waals surface area contributed by atoms with Crippen molar-refractivity contribution in [2.75, 3.05) is 19.8 Å². The van der Waals surface area contributed by atoms with Crippen LogP contribution in [0.4, 0.5) is 0 Å². The Hall–Kier alpha value is -2.71. The standard InChI is InChI=1S/C27H36N2O6/c1-6-13-28(15-19-11-9-8-10-12-19)24(32)22-27-14-17(3)26(5,35-27)21(25(33)34-7-2)20(27)23(31)29(22)18(4)16-30/h6,8-12,17-18,20-22,30H,1,7,13-16H2,2-5H3/t17?,18-,20+,21-,22?,26+,27?/m1/s1. The van der Waals surface area contributed by atoms with E-state index in [-0.39, 0.29) is 37.5 Å². The summed E-state index contributed by atoms with van der Waals surface area (Å²) in [4.78, 5) is 44.4. The second-order valence-electron chi connectivity index (χ2n) is 10.2. The highest BCUT2D eigenvalue weighted by Gasteiger charge is 2.80. The molecule has 1 aromatic rings. The van der Waals surface area contributed by atoms with E-state index in [1.54, 1.807) is 24.8 Å². The first-order valence-corrected chi connectivity index (χ1v) is 12.4. The Labute approximate surface area is 206 Å². The number of ether oxygens (including phenoxy) is 2. The molecule has 3 saturated heterocycles. The number of nitrogens with zero attached hydrogens (tertiary/aromatic N) is 2. The fourth-order valence-electron chi connectivity index (χ4n) is 6.47. The van der Waals surface area contributed by atoms with Crippen LogP contribution >= 0.6 is 0 Å². The third-order valence-electron chi connectivity index (χ3n) is 8.14. The van der Waals surface area contributed by atoms with Gasteiger partial charge in [-0.2, -0.15) is 0 Å². The van der Waals surface area contributed by atoms with Gasteiger partial charge in [-0.1, -0.05) is 43.3 Å². The van der Waals surface area contributed by atoms with Crippen molar-refractivity contribution in [3.63, 3.8) is 0 Å². The minimum atomic E-state index is -1.17. The van der Waals surface area contributed by atoms with Crippen molar-refractivity contribution in [3.05, 3.63) is 48.6 Å². The van der Waals surface area contributed by atoms with Crippen LogP contribution < -0.4 is 0 Å². The highest BCUT2D eigenvalue weighted by molar-refractivity contribution is 5.98. The van der Waals surface area contributed by atoms with Crippen LogP contribution in [0.5, 0.6) is 0 Å². The number of likely N-dealkylation sites (tertiary alicyclic amines) is 1. The van der Waals surface area contributed by atoms with E-state index in [2.05, 4.69) is 6.58 Å². The summed E-state index contributed by atoms with van der Waals surface area (Å²) in [5.74, 6) is -2.80. The number of hydrogen-bond donors (Lipinski definition) is 1. The van der Waals surface area contributed by atoms with E-state index in [4.69, 9.17) is 9.47 Å². The van der Waals surface area contributed by atoms with Gasteiger partial charge in [-0.15, -0.1) is 6.58 Å². The third kappa shape index (κ3) is 3.78. The number of aliphatic hydroxyl groups is 1.